The minimum absolute atomic E-state index is 0.240. The zero-order valence-corrected chi connectivity index (χ0v) is 14.6. The standard InChI is InChI=1S/C21H23NO3/c1-3-5-15-6-9-16(10-7-15)19(23)13-21(25)17-12-14(4-2)8-11-18(17)22-20(21)24/h6-12,25H,3-5,13H2,1-2H3,(H,22,24). The molecule has 0 spiro atoms. The largest absolute Gasteiger partial charge is 0.375 e. The molecule has 1 amide bonds. The molecule has 0 aromatic heterocycles. The Morgan fingerprint density at radius 3 is 2.40 bits per heavy atom. The van der Waals surface area contributed by atoms with E-state index in [4.69, 9.17) is 0 Å². The average Bonchev–Trinajstić information content (AvgIpc) is 2.86. The molecule has 0 saturated heterocycles. The Balaban J connectivity index is 1.86. The van der Waals surface area contributed by atoms with Gasteiger partial charge in [0, 0.05) is 16.8 Å². The second-order valence-corrected chi connectivity index (χ2v) is 6.59. The van der Waals surface area contributed by atoms with Gasteiger partial charge in [0.15, 0.2) is 11.4 Å². The van der Waals surface area contributed by atoms with Crippen molar-refractivity contribution in [2.75, 3.05) is 5.32 Å². The molecule has 1 aliphatic rings. The number of carbonyl (C=O) groups excluding carboxylic acids is 2. The van der Waals surface area contributed by atoms with Crippen LogP contribution in [0, 0.1) is 0 Å². The van der Waals surface area contributed by atoms with Gasteiger partial charge in [-0.2, -0.15) is 0 Å². The van der Waals surface area contributed by atoms with Crippen molar-refractivity contribution in [3.05, 3.63) is 64.7 Å². The predicted molar refractivity (Wildman–Crippen MR) is 97.7 cm³/mol. The Morgan fingerprint density at radius 2 is 1.76 bits per heavy atom. The fourth-order valence-electron chi connectivity index (χ4n) is 3.27. The van der Waals surface area contributed by atoms with Crippen LogP contribution in [0.1, 0.15) is 53.7 Å². The molecular weight excluding hydrogens is 314 g/mol. The number of ketones is 1. The van der Waals surface area contributed by atoms with Crippen LogP contribution in [-0.4, -0.2) is 16.8 Å². The summed E-state index contributed by atoms with van der Waals surface area (Å²) < 4.78 is 0. The second kappa shape index (κ2) is 6.81. The van der Waals surface area contributed by atoms with Crippen molar-refractivity contribution < 1.29 is 14.7 Å². The zero-order chi connectivity index (χ0) is 18.0. The third-order valence-electron chi connectivity index (χ3n) is 4.79. The van der Waals surface area contributed by atoms with E-state index in [9.17, 15) is 14.7 Å². The fraction of sp³-hybridized carbons (Fsp3) is 0.333. The van der Waals surface area contributed by atoms with E-state index in [2.05, 4.69) is 12.2 Å². The van der Waals surface area contributed by atoms with E-state index < -0.39 is 11.5 Å². The number of hydrogen-bond acceptors (Lipinski definition) is 3. The molecule has 0 aliphatic carbocycles. The van der Waals surface area contributed by atoms with Crippen LogP contribution >= 0.6 is 0 Å². The summed E-state index contributed by atoms with van der Waals surface area (Å²) in [4.78, 5) is 25.0. The van der Waals surface area contributed by atoms with Crippen LogP contribution in [0.15, 0.2) is 42.5 Å². The molecule has 2 aromatic carbocycles. The normalized spacial score (nSPS) is 18.8. The van der Waals surface area contributed by atoms with Crippen molar-refractivity contribution in [3.63, 3.8) is 0 Å². The van der Waals surface area contributed by atoms with Crippen molar-refractivity contribution in [1.29, 1.82) is 0 Å². The molecule has 0 saturated carbocycles. The van der Waals surface area contributed by atoms with Crippen molar-refractivity contribution in [3.8, 4) is 0 Å². The molecule has 1 atom stereocenters. The van der Waals surface area contributed by atoms with Crippen molar-refractivity contribution in [2.24, 2.45) is 0 Å². The van der Waals surface area contributed by atoms with Crippen LogP contribution in [0.4, 0.5) is 5.69 Å². The second-order valence-electron chi connectivity index (χ2n) is 6.59. The number of hydrogen-bond donors (Lipinski definition) is 2. The van der Waals surface area contributed by atoms with Gasteiger partial charge < -0.3 is 10.4 Å². The first-order chi connectivity index (χ1) is 12.0. The summed E-state index contributed by atoms with van der Waals surface area (Å²) in [6, 6.07) is 12.9. The Morgan fingerprint density at radius 1 is 1.08 bits per heavy atom. The molecule has 0 fully saturated rings. The summed E-state index contributed by atoms with van der Waals surface area (Å²) >= 11 is 0. The number of carbonyl (C=O) groups is 2. The lowest BCUT2D eigenvalue weighted by atomic mass is 9.87. The van der Waals surface area contributed by atoms with Gasteiger partial charge in [0.2, 0.25) is 0 Å². The minimum Gasteiger partial charge on any atom is -0.375 e. The Hall–Kier alpha value is -2.46. The summed E-state index contributed by atoms with van der Waals surface area (Å²) in [5.74, 6) is -0.776. The number of Topliss-reactive ketones (excluding diaryl/α,β-unsaturated/α-hetero) is 1. The number of aryl methyl sites for hydroxylation is 2. The molecule has 4 heteroatoms. The lowest BCUT2D eigenvalue weighted by molar-refractivity contribution is -0.133. The molecule has 1 aliphatic heterocycles. The Kier molecular flexibility index (Phi) is 4.73. The molecule has 0 bridgehead atoms. The molecule has 130 valence electrons. The van der Waals surface area contributed by atoms with Crippen LogP contribution in [-0.2, 0) is 23.2 Å². The highest BCUT2D eigenvalue weighted by Gasteiger charge is 2.46. The number of fused-ring (bicyclic) bond motifs is 1. The summed E-state index contributed by atoms with van der Waals surface area (Å²) in [7, 11) is 0. The number of aliphatic hydroxyl groups is 1. The average molecular weight is 337 g/mol. The molecule has 3 rings (SSSR count). The van der Waals surface area contributed by atoms with Gasteiger partial charge in [-0.3, -0.25) is 9.59 Å². The summed E-state index contributed by atoms with van der Waals surface area (Å²) in [6.45, 7) is 4.11. The smallest absolute Gasteiger partial charge is 0.261 e. The SMILES string of the molecule is CCCc1ccc(C(=O)CC2(O)C(=O)Nc3ccc(CC)cc32)cc1. The summed E-state index contributed by atoms with van der Waals surface area (Å²) in [5.41, 5.74) is 1.98. The van der Waals surface area contributed by atoms with Crippen molar-refractivity contribution >= 4 is 17.4 Å². The third-order valence-corrected chi connectivity index (χ3v) is 4.79. The Labute approximate surface area is 147 Å². The van der Waals surface area contributed by atoms with E-state index in [1.807, 2.05) is 31.2 Å². The Bertz CT molecular complexity index is 810. The summed E-state index contributed by atoms with van der Waals surface area (Å²) in [6.07, 6.45) is 2.55. The molecule has 1 unspecified atom stereocenters. The van der Waals surface area contributed by atoms with E-state index >= 15 is 0 Å². The van der Waals surface area contributed by atoms with Crippen molar-refractivity contribution in [1.82, 2.24) is 0 Å². The first kappa shape index (κ1) is 17.4. The van der Waals surface area contributed by atoms with Crippen LogP contribution in [0.5, 0.6) is 0 Å². The molecular formula is C21H23NO3. The molecule has 1 heterocycles. The first-order valence-electron chi connectivity index (χ1n) is 8.77. The molecule has 4 nitrogen and oxygen atoms in total. The number of benzene rings is 2. The quantitative estimate of drug-likeness (QED) is 0.791. The first-order valence-corrected chi connectivity index (χ1v) is 8.77. The number of nitrogens with one attached hydrogen (secondary N) is 1. The molecule has 2 aromatic rings. The topological polar surface area (TPSA) is 66.4 Å². The van der Waals surface area contributed by atoms with Gasteiger partial charge in [-0.15, -0.1) is 0 Å². The van der Waals surface area contributed by atoms with Gasteiger partial charge in [-0.1, -0.05) is 56.7 Å². The van der Waals surface area contributed by atoms with E-state index in [-0.39, 0.29) is 12.2 Å². The van der Waals surface area contributed by atoms with Gasteiger partial charge in [0.05, 0.1) is 6.42 Å². The number of rotatable bonds is 6. The van der Waals surface area contributed by atoms with Crippen LogP contribution < -0.4 is 5.32 Å². The maximum Gasteiger partial charge on any atom is 0.261 e. The zero-order valence-electron chi connectivity index (χ0n) is 14.6. The van der Waals surface area contributed by atoms with Crippen LogP contribution in [0.3, 0.4) is 0 Å². The number of anilines is 1. The highest BCUT2D eigenvalue weighted by Crippen LogP contribution is 2.39. The maximum absolute atomic E-state index is 12.6. The maximum atomic E-state index is 12.6. The van der Waals surface area contributed by atoms with Gasteiger partial charge in [-0.25, -0.2) is 0 Å². The fourth-order valence-corrected chi connectivity index (χ4v) is 3.27. The third kappa shape index (κ3) is 3.22. The minimum atomic E-state index is -1.81. The highest BCUT2D eigenvalue weighted by molar-refractivity contribution is 6.09. The monoisotopic (exact) mass is 337 g/mol. The lowest BCUT2D eigenvalue weighted by Gasteiger charge is -2.20. The molecule has 2 N–H and O–H groups in total. The van der Waals surface area contributed by atoms with Gasteiger partial charge >= 0.3 is 0 Å². The predicted octanol–water partition coefficient (Wildman–Crippen LogP) is 3.61. The van der Waals surface area contributed by atoms with Gasteiger partial charge in [0.25, 0.3) is 5.91 Å². The van der Waals surface area contributed by atoms with Crippen molar-refractivity contribution in [2.45, 2.75) is 45.1 Å². The lowest BCUT2D eigenvalue weighted by Crippen LogP contribution is -2.36. The van der Waals surface area contributed by atoms with Gasteiger partial charge in [-0.05, 0) is 30.0 Å². The van der Waals surface area contributed by atoms with E-state index in [0.29, 0.717) is 16.8 Å². The van der Waals surface area contributed by atoms with E-state index in [1.54, 1.807) is 18.2 Å². The number of amides is 1. The molecule has 0 radical (unpaired) electrons. The van der Waals surface area contributed by atoms with Crippen LogP contribution in [0.2, 0.25) is 0 Å². The van der Waals surface area contributed by atoms with Crippen LogP contribution in [0.25, 0.3) is 0 Å². The summed E-state index contributed by atoms with van der Waals surface area (Å²) in [5, 5.41) is 13.7. The van der Waals surface area contributed by atoms with Gasteiger partial charge in [0.1, 0.15) is 0 Å². The van der Waals surface area contributed by atoms with E-state index in [1.165, 1.54) is 5.56 Å². The highest BCUT2D eigenvalue weighted by atomic mass is 16.3. The molecule has 25 heavy (non-hydrogen) atoms. The van der Waals surface area contributed by atoms with E-state index in [0.717, 1.165) is 24.8 Å².